The molecule has 0 amide bonds. The first kappa shape index (κ1) is 10.9. The van der Waals surface area contributed by atoms with Gasteiger partial charge in [-0.15, -0.1) is 0 Å². The van der Waals surface area contributed by atoms with Gasteiger partial charge in [0.25, 0.3) is 0 Å². The molecule has 1 aliphatic rings. The molecular weight excluding hydrogens is 280 g/mol. The molecule has 0 saturated carbocycles. The number of rotatable bonds is 2. The van der Waals surface area contributed by atoms with Gasteiger partial charge in [-0.05, 0) is 50.9 Å². The molecule has 0 atom stereocenters. The van der Waals surface area contributed by atoms with Crippen molar-refractivity contribution in [3.8, 4) is 11.1 Å². The Morgan fingerprint density at radius 3 is 2.36 bits per heavy atom. The van der Waals surface area contributed by atoms with Gasteiger partial charge in [-0.3, -0.25) is 0 Å². The third-order valence-corrected chi connectivity index (χ3v) is 4.23. The molecule has 22 heavy (non-hydrogen) atoms. The van der Waals surface area contributed by atoms with E-state index in [0.717, 1.165) is 0 Å². The van der Waals surface area contributed by atoms with Crippen LogP contribution < -0.4 is 5.46 Å². The van der Waals surface area contributed by atoms with Crippen LogP contribution in [0.2, 0.25) is 0 Å². The van der Waals surface area contributed by atoms with E-state index < -0.39 is 36.4 Å². The van der Waals surface area contributed by atoms with E-state index in [4.69, 9.17) is 14.8 Å². The van der Waals surface area contributed by atoms with Gasteiger partial charge in [0.1, 0.15) is 0 Å². The van der Waals surface area contributed by atoms with Crippen LogP contribution in [0.3, 0.4) is 0 Å². The maximum absolute atomic E-state index is 14.3. The molecular formula is C17H19BFNO2. The summed E-state index contributed by atoms with van der Waals surface area (Å²) in [7, 11) is -1.06. The van der Waals surface area contributed by atoms with E-state index in [0.29, 0.717) is 0 Å². The molecule has 0 N–H and O–H groups in total. The third kappa shape index (κ3) is 2.44. The zero-order chi connectivity index (χ0) is 19.4. The fraction of sp³-hybridized carbons (Fsp3) is 0.353. The van der Waals surface area contributed by atoms with Gasteiger partial charge in [-0.2, -0.15) is 4.39 Å². The Bertz CT molecular complexity index is 876. The van der Waals surface area contributed by atoms with Crippen molar-refractivity contribution in [2.75, 3.05) is 0 Å². The van der Waals surface area contributed by atoms with Crippen LogP contribution in [0.25, 0.3) is 11.1 Å². The Hall–Kier alpha value is -1.72. The average Bonchev–Trinajstić information content (AvgIpc) is 2.77. The first-order valence-corrected chi connectivity index (χ1v) is 7.04. The lowest BCUT2D eigenvalue weighted by atomic mass is 9.74. The second kappa shape index (κ2) is 5.18. The molecule has 5 heteroatoms. The normalized spacial score (nSPS) is 22.0. The van der Waals surface area contributed by atoms with E-state index in [1.54, 1.807) is 0 Å². The number of nitrogens with zero attached hydrogens (tertiary/aromatic N) is 1. The second-order valence-corrected chi connectivity index (χ2v) is 6.22. The van der Waals surface area contributed by atoms with Gasteiger partial charge in [0, 0.05) is 11.8 Å². The third-order valence-electron chi connectivity index (χ3n) is 4.23. The number of hydrogen-bond acceptors (Lipinski definition) is 3. The van der Waals surface area contributed by atoms with Crippen molar-refractivity contribution in [3.05, 3.63) is 48.4 Å². The maximum atomic E-state index is 14.3. The molecule has 0 unspecified atom stereocenters. The molecule has 2 heterocycles. The maximum Gasteiger partial charge on any atom is 0.495 e. The number of benzene rings is 1. The number of halogens is 1. The van der Waals surface area contributed by atoms with Crippen LogP contribution in [0, 0.1) is 5.95 Å². The molecule has 0 spiro atoms. The zero-order valence-corrected chi connectivity index (χ0v) is 13.0. The van der Waals surface area contributed by atoms with Crippen LogP contribution in [0.15, 0.2) is 42.5 Å². The van der Waals surface area contributed by atoms with E-state index in [9.17, 15) is 4.39 Å². The predicted molar refractivity (Wildman–Crippen MR) is 85.3 cm³/mol. The summed E-state index contributed by atoms with van der Waals surface area (Å²) in [6.07, 6.45) is 1.28. The summed E-state index contributed by atoms with van der Waals surface area (Å²) in [4.78, 5) is 3.60. The molecule has 2 aromatic rings. The first-order chi connectivity index (χ1) is 12.0. The lowest BCUT2D eigenvalue weighted by Crippen LogP contribution is -2.41. The zero-order valence-electron chi connectivity index (χ0n) is 17.0. The van der Waals surface area contributed by atoms with Crippen molar-refractivity contribution in [3.63, 3.8) is 0 Å². The van der Waals surface area contributed by atoms with Gasteiger partial charge >= 0.3 is 7.12 Å². The highest BCUT2D eigenvalue weighted by Crippen LogP contribution is 2.37. The van der Waals surface area contributed by atoms with Crippen molar-refractivity contribution < 1.29 is 19.2 Å². The van der Waals surface area contributed by atoms with Crippen LogP contribution in [-0.2, 0) is 9.31 Å². The lowest BCUT2D eigenvalue weighted by Gasteiger charge is -2.32. The van der Waals surface area contributed by atoms with Crippen molar-refractivity contribution in [1.29, 1.82) is 0 Å². The molecule has 1 aromatic carbocycles. The Balaban J connectivity index is 2.31. The van der Waals surface area contributed by atoms with Crippen LogP contribution in [0.1, 0.15) is 33.2 Å². The van der Waals surface area contributed by atoms with Crippen LogP contribution in [0.5, 0.6) is 0 Å². The highest BCUT2D eigenvalue weighted by molar-refractivity contribution is 6.63. The molecule has 114 valence electrons. The van der Waals surface area contributed by atoms with Gasteiger partial charge < -0.3 is 9.31 Å². The Morgan fingerprint density at radius 2 is 1.73 bits per heavy atom. The molecule has 1 aliphatic heterocycles. The summed E-state index contributed by atoms with van der Waals surface area (Å²) < 4.78 is 58.8. The van der Waals surface area contributed by atoms with Crippen molar-refractivity contribution >= 4 is 12.6 Å². The van der Waals surface area contributed by atoms with E-state index >= 15 is 0 Å². The second-order valence-electron chi connectivity index (χ2n) is 6.22. The topological polar surface area (TPSA) is 31.4 Å². The van der Waals surface area contributed by atoms with E-state index in [-0.39, 0.29) is 28.7 Å². The van der Waals surface area contributed by atoms with Crippen LogP contribution in [0.4, 0.5) is 4.39 Å². The Labute approximate surface area is 136 Å². The summed E-state index contributed by atoms with van der Waals surface area (Å²) in [5.74, 6) is -0.824. The summed E-state index contributed by atoms with van der Waals surface area (Å²) in [6.45, 7) is 7.35. The van der Waals surface area contributed by atoms with Gasteiger partial charge in [-0.25, -0.2) is 4.98 Å². The summed E-state index contributed by atoms with van der Waals surface area (Å²) in [5.41, 5.74) is -1.37. The Morgan fingerprint density at radius 1 is 1.09 bits per heavy atom. The number of hydrogen-bond donors (Lipinski definition) is 0. The highest BCUT2D eigenvalue weighted by Gasteiger charge is 2.52. The SMILES string of the molecule is [2H]c1c([2H])c([2H])c(-c2cccnc2F)c(B2OC(C)(C)C(C)(C)O2)c1[2H]. The molecule has 0 aliphatic carbocycles. The summed E-state index contributed by atoms with van der Waals surface area (Å²) in [6, 6.07) is 1.38. The van der Waals surface area contributed by atoms with Gasteiger partial charge in [0.15, 0.2) is 0 Å². The van der Waals surface area contributed by atoms with Gasteiger partial charge in [0.05, 0.1) is 16.7 Å². The Kier molecular flexibility index (Phi) is 2.57. The largest absolute Gasteiger partial charge is 0.495 e. The molecule has 0 radical (unpaired) electrons. The number of aromatic nitrogens is 1. The monoisotopic (exact) mass is 303 g/mol. The quantitative estimate of drug-likeness (QED) is 0.631. The minimum atomic E-state index is -1.06. The smallest absolute Gasteiger partial charge is 0.399 e. The van der Waals surface area contributed by atoms with E-state index in [2.05, 4.69) is 4.98 Å². The van der Waals surface area contributed by atoms with Gasteiger partial charge in [0.2, 0.25) is 5.95 Å². The molecule has 3 nitrogen and oxygen atoms in total. The van der Waals surface area contributed by atoms with Crippen molar-refractivity contribution in [2.24, 2.45) is 0 Å². The lowest BCUT2D eigenvalue weighted by molar-refractivity contribution is 0.00578. The molecule has 1 aromatic heterocycles. The van der Waals surface area contributed by atoms with Crippen molar-refractivity contribution in [1.82, 2.24) is 4.98 Å². The molecule has 3 rings (SSSR count). The van der Waals surface area contributed by atoms with E-state index in [1.807, 2.05) is 27.7 Å². The summed E-state index contributed by atoms with van der Waals surface area (Å²) in [5, 5.41) is 0. The van der Waals surface area contributed by atoms with Crippen LogP contribution in [-0.4, -0.2) is 23.3 Å². The fourth-order valence-corrected chi connectivity index (χ4v) is 2.24. The highest BCUT2D eigenvalue weighted by atomic mass is 19.1. The predicted octanol–water partition coefficient (Wildman–Crippen LogP) is 3.19. The minimum Gasteiger partial charge on any atom is -0.399 e. The van der Waals surface area contributed by atoms with Crippen molar-refractivity contribution in [2.45, 2.75) is 38.9 Å². The number of pyridine rings is 1. The first-order valence-electron chi connectivity index (χ1n) is 9.04. The molecule has 0 bridgehead atoms. The van der Waals surface area contributed by atoms with E-state index in [1.165, 1.54) is 18.3 Å². The van der Waals surface area contributed by atoms with Gasteiger partial charge in [-0.1, -0.05) is 24.2 Å². The standard InChI is InChI=1S/C17H19BFNO2/c1-16(2)17(3,4)22-18(21-16)14-10-6-5-8-12(14)13-9-7-11-20-15(13)19/h5-11H,1-4H3/i5D,6D,8D,10D. The molecule has 1 fully saturated rings. The average molecular weight is 303 g/mol. The fourth-order valence-electron chi connectivity index (χ4n) is 2.24. The molecule has 1 saturated heterocycles. The van der Waals surface area contributed by atoms with Crippen LogP contribution >= 0.6 is 0 Å². The minimum absolute atomic E-state index is 0.0000926. The summed E-state index contributed by atoms with van der Waals surface area (Å²) >= 11 is 0.